The Morgan fingerprint density at radius 1 is 0.857 bits per heavy atom. The van der Waals surface area contributed by atoms with Gasteiger partial charge in [0.15, 0.2) is 5.17 Å². The summed E-state index contributed by atoms with van der Waals surface area (Å²) in [7, 11) is 0. The Balaban J connectivity index is 1.50. The van der Waals surface area contributed by atoms with Crippen LogP contribution < -0.4 is 9.64 Å². The Labute approximate surface area is 213 Å². The van der Waals surface area contributed by atoms with Crippen LogP contribution in [-0.4, -0.2) is 11.1 Å². The van der Waals surface area contributed by atoms with E-state index in [0.29, 0.717) is 27.5 Å². The predicted octanol–water partition coefficient (Wildman–Crippen LogP) is 7.73. The van der Waals surface area contributed by atoms with Crippen LogP contribution in [0.1, 0.15) is 11.1 Å². The summed E-state index contributed by atoms with van der Waals surface area (Å²) in [5.74, 6) is 0.503. The average molecular weight is 497 g/mol. The van der Waals surface area contributed by atoms with Gasteiger partial charge in [0.25, 0.3) is 5.91 Å². The molecule has 0 spiro atoms. The van der Waals surface area contributed by atoms with Crippen molar-refractivity contribution >= 4 is 51.9 Å². The van der Waals surface area contributed by atoms with Crippen LogP contribution in [0.2, 0.25) is 5.02 Å². The lowest BCUT2D eigenvalue weighted by Gasteiger charge is -2.15. The first kappa shape index (κ1) is 23.0. The summed E-state index contributed by atoms with van der Waals surface area (Å²) in [4.78, 5) is 20.5. The molecule has 1 aliphatic rings. The van der Waals surface area contributed by atoms with Crippen LogP contribution in [0, 0.1) is 0 Å². The van der Waals surface area contributed by atoms with Gasteiger partial charge < -0.3 is 4.74 Å². The number of aliphatic imine (C=N–C) groups is 1. The van der Waals surface area contributed by atoms with E-state index in [-0.39, 0.29) is 5.91 Å². The molecule has 0 N–H and O–H groups in total. The normalized spacial score (nSPS) is 15.7. The zero-order chi connectivity index (χ0) is 24.0. The smallest absolute Gasteiger partial charge is 0.271 e. The van der Waals surface area contributed by atoms with Crippen molar-refractivity contribution in [1.82, 2.24) is 0 Å². The zero-order valence-electron chi connectivity index (χ0n) is 18.7. The van der Waals surface area contributed by atoms with Gasteiger partial charge in [0.1, 0.15) is 12.4 Å². The Morgan fingerprint density at radius 2 is 1.51 bits per heavy atom. The minimum absolute atomic E-state index is 0.148. The molecule has 4 aromatic rings. The third kappa shape index (κ3) is 5.48. The largest absolute Gasteiger partial charge is 0.488 e. The Kier molecular flexibility index (Phi) is 6.98. The van der Waals surface area contributed by atoms with Gasteiger partial charge in [0.2, 0.25) is 0 Å². The van der Waals surface area contributed by atoms with Crippen LogP contribution in [-0.2, 0) is 11.4 Å². The van der Waals surface area contributed by atoms with E-state index in [1.165, 1.54) is 11.8 Å². The standard InChI is InChI=1S/C29H21ClN2O2S/c30-23-16-17-26(34-20-21-10-4-1-5-11-21)22(18-23)19-27-28(33)32(25-14-8-3-9-15-25)29(35-27)31-24-12-6-2-7-13-24/h1-19H,20H2/b27-19+,31-29?. The number of rotatable bonds is 6. The number of amides is 1. The second kappa shape index (κ2) is 10.6. The molecular weight excluding hydrogens is 476 g/mol. The molecule has 0 aliphatic carbocycles. The van der Waals surface area contributed by atoms with Crippen molar-refractivity contribution in [2.75, 3.05) is 4.90 Å². The van der Waals surface area contributed by atoms with Crippen molar-refractivity contribution in [3.63, 3.8) is 0 Å². The highest BCUT2D eigenvalue weighted by molar-refractivity contribution is 8.19. The van der Waals surface area contributed by atoms with Crippen molar-refractivity contribution in [3.05, 3.63) is 130 Å². The molecule has 0 bridgehead atoms. The third-order valence-electron chi connectivity index (χ3n) is 5.30. The average Bonchev–Trinajstić information content (AvgIpc) is 3.19. The number of carbonyl (C=O) groups is 1. The van der Waals surface area contributed by atoms with Gasteiger partial charge in [-0.25, -0.2) is 4.99 Å². The molecule has 4 aromatic carbocycles. The molecule has 0 radical (unpaired) electrons. The number of hydrogen-bond acceptors (Lipinski definition) is 4. The minimum Gasteiger partial charge on any atom is -0.488 e. The molecule has 172 valence electrons. The number of ether oxygens (including phenoxy) is 1. The quantitative estimate of drug-likeness (QED) is 0.256. The van der Waals surface area contributed by atoms with Gasteiger partial charge in [-0.1, -0.05) is 78.3 Å². The fraction of sp³-hybridized carbons (Fsp3) is 0.0345. The molecule has 1 heterocycles. The van der Waals surface area contributed by atoms with E-state index < -0.39 is 0 Å². The summed E-state index contributed by atoms with van der Waals surface area (Å²) in [6.07, 6.45) is 1.82. The zero-order valence-corrected chi connectivity index (χ0v) is 20.2. The maximum atomic E-state index is 13.6. The van der Waals surface area contributed by atoms with E-state index in [0.717, 1.165) is 22.5 Å². The van der Waals surface area contributed by atoms with E-state index in [2.05, 4.69) is 0 Å². The Bertz CT molecular complexity index is 1390. The van der Waals surface area contributed by atoms with Gasteiger partial charge in [0, 0.05) is 10.6 Å². The number of para-hydroxylation sites is 2. The van der Waals surface area contributed by atoms with Gasteiger partial charge >= 0.3 is 0 Å². The second-order valence-corrected chi connectivity index (χ2v) is 9.22. The number of hydrogen-bond donors (Lipinski definition) is 0. The molecule has 1 aliphatic heterocycles. The first-order valence-corrected chi connectivity index (χ1v) is 12.3. The molecule has 6 heteroatoms. The number of halogens is 1. The van der Waals surface area contributed by atoms with Crippen molar-refractivity contribution < 1.29 is 9.53 Å². The van der Waals surface area contributed by atoms with Crippen molar-refractivity contribution in [2.45, 2.75) is 6.61 Å². The van der Waals surface area contributed by atoms with E-state index >= 15 is 0 Å². The highest BCUT2D eigenvalue weighted by Gasteiger charge is 2.35. The van der Waals surface area contributed by atoms with Gasteiger partial charge in [-0.2, -0.15) is 0 Å². The predicted molar refractivity (Wildman–Crippen MR) is 145 cm³/mol. The van der Waals surface area contributed by atoms with Crippen molar-refractivity contribution in [1.29, 1.82) is 0 Å². The monoisotopic (exact) mass is 496 g/mol. The van der Waals surface area contributed by atoms with Gasteiger partial charge in [-0.15, -0.1) is 0 Å². The van der Waals surface area contributed by atoms with E-state index in [1.807, 2.05) is 109 Å². The molecule has 4 nitrogen and oxygen atoms in total. The molecule has 1 fully saturated rings. The minimum atomic E-state index is -0.148. The molecule has 5 rings (SSSR count). The molecule has 0 aromatic heterocycles. The van der Waals surface area contributed by atoms with Crippen molar-refractivity contribution in [2.24, 2.45) is 4.99 Å². The number of benzene rings is 4. The lowest BCUT2D eigenvalue weighted by molar-refractivity contribution is -0.113. The summed E-state index contributed by atoms with van der Waals surface area (Å²) in [5, 5.41) is 1.16. The molecule has 1 saturated heterocycles. The van der Waals surface area contributed by atoms with Crippen LogP contribution in [0.15, 0.2) is 119 Å². The summed E-state index contributed by atoms with van der Waals surface area (Å²) < 4.78 is 6.09. The lowest BCUT2D eigenvalue weighted by Crippen LogP contribution is -2.28. The van der Waals surface area contributed by atoms with E-state index in [9.17, 15) is 4.79 Å². The van der Waals surface area contributed by atoms with E-state index in [1.54, 1.807) is 11.0 Å². The fourth-order valence-electron chi connectivity index (χ4n) is 3.61. The van der Waals surface area contributed by atoms with E-state index in [4.69, 9.17) is 21.3 Å². The van der Waals surface area contributed by atoms with Crippen LogP contribution in [0.4, 0.5) is 11.4 Å². The maximum Gasteiger partial charge on any atom is 0.271 e. The van der Waals surface area contributed by atoms with Gasteiger partial charge in [0.05, 0.1) is 16.3 Å². The maximum absolute atomic E-state index is 13.6. The molecule has 0 atom stereocenters. The number of nitrogens with zero attached hydrogens (tertiary/aromatic N) is 2. The fourth-order valence-corrected chi connectivity index (χ4v) is 4.78. The molecule has 0 saturated carbocycles. The van der Waals surface area contributed by atoms with Gasteiger partial charge in [-0.3, -0.25) is 9.69 Å². The Hall–Kier alpha value is -3.80. The van der Waals surface area contributed by atoms with Crippen molar-refractivity contribution in [3.8, 4) is 5.75 Å². The topological polar surface area (TPSA) is 41.9 Å². The molecule has 0 unspecified atom stereocenters. The second-order valence-electron chi connectivity index (χ2n) is 7.77. The summed E-state index contributed by atoms with van der Waals surface area (Å²) >= 11 is 7.63. The molecular formula is C29H21ClN2O2S. The SMILES string of the molecule is O=C1/C(=C\c2cc(Cl)ccc2OCc2ccccc2)SC(=Nc2ccccc2)N1c1ccccc1. The third-order valence-corrected chi connectivity index (χ3v) is 6.50. The number of amidine groups is 1. The molecule has 1 amide bonds. The highest BCUT2D eigenvalue weighted by atomic mass is 35.5. The number of thioether (sulfide) groups is 1. The number of anilines is 1. The lowest BCUT2D eigenvalue weighted by atomic mass is 10.1. The van der Waals surface area contributed by atoms with Gasteiger partial charge in [-0.05, 0) is 65.9 Å². The Morgan fingerprint density at radius 3 is 2.23 bits per heavy atom. The highest BCUT2D eigenvalue weighted by Crippen LogP contribution is 2.38. The number of carbonyl (C=O) groups excluding carboxylic acids is 1. The summed E-state index contributed by atoms with van der Waals surface area (Å²) in [6, 6.07) is 34.5. The van der Waals surface area contributed by atoms with Crippen LogP contribution in [0.3, 0.4) is 0 Å². The first-order chi connectivity index (χ1) is 17.2. The van der Waals surface area contributed by atoms with Crippen LogP contribution in [0.25, 0.3) is 6.08 Å². The summed E-state index contributed by atoms with van der Waals surface area (Å²) in [5.41, 5.74) is 3.33. The van der Waals surface area contributed by atoms with Crippen LogP contribution in [0.5, 0.6) is 5.75 Å². The summed E-state index contributed by atoms with van der Waals surface area (Å²) in [6.45, 7) is 0.413. The first-order valence-electron chi connectivity index (χ1n) is 11.1. The molecule has 35 heavy (non-hydrogen) atoms. The van der Waals surface area contributed by atoms with Crippen LogP contribution >= 0.6 is 23.4 Å².